The van der Waals surface area contributed by atoms with Crippen LogP contribution in [0, 0.1) is 11.6 Å². The van der Waals surface area contributed by atoms with Crippen molar-refractivity contribution in [3.63, 3.8) is 0 Å². The van der Waals surface area contributed by atoms with Gasteiger partial charge in [-0.2, -0.15) is 0 Å². The maximum absolute atomic E-state index is 13.3. The Morgan fingerprint density at radius 1 is 1.00 bits per heavy atom. The topological polar surface area (TPSA) is 64.7 Å². The Kier molecular flexibility index (Phi) is 7.12. The van der Waals surface area contributed by atoms with Gasteiger partial charge in [0.25, 0.3) is 5.91 Å². The Labute approximate surface area is 186 Å². The summed E-state index contributed by atoms with van der Waals surface area (Å²) in [5, 5.41) is 5.78. The van der Waals surface area contributed by atoms with Crippen LogP contribution in [-0.2, 0) is 4.79 Å². The van der Waals surface area contributed by atoms with Gasteiger partial charge in [0.05, 0.1) is 6.67 Å². The van der Waals surface area contributed by atoms with Gasteiger partial charge in [-0.15, -0.1) is 12.4 Å². The fourth-order valence-corrected chi connectivity index (χ4v) is 4.22. The molecule has 2 aliphatic heterocycles. The number of amides is 2. The monoisotopic (exact) mass is 450 g/mol. The molecule has 0 bridgehead atoms. The van der Waals surface area contributed by atoms with Crippen molar-refractivity contribution < 1.29 is 18.4 Å². The number of hydrogen-bond acceptors (Lipinski definition) is 4. The third-order valence-electron chi connectivity index (χ3n) is 5.98. The van der Waals surface area contributed by atoms with E-state index in [2.05, 4.69) is 15.5 Å². The summed E-state index contributed by atoms with van der Waals surface area (Å²) >= 11 is 0. The number of carbonyl (C=O) groups excluding carboxylic acids is 2. The molecule has 0 radical (unpaired) electrons. The highest BCUT2D eigenvalue weighted by molar-refractivity contribution is 5.94. The maximum Gasteiger partial charge on any atom is 0.251 e. The largest absolute Gasteiger partial charge is 0.351 e. The van der Waals surface area contributed by atoms with Gasteiger partial charge in [0.2, 0.25) is 5.91 Å². The van der Waals surface area contributed by atoms with Crippen molar-refractivity contribution in [1.82, 2.24) is 15.5 Å². The standard InChI is InChI=1S/C22H24F2N4O2.ClH/c23-17-3-1-16(2-4-17)20(29)25-11-14-27-12-9-22(10-13-27)21(30)26-15-28(22)19-7-5-18(24)6-8-19;/h1-8H,9-15H2,(H,25,29)(H,26,30);1H. The van der Waals surface area contributed by atoms with Gasteiger partial charge < -0.3 is 20.4 Å². The van der Waals surface area contributed by atoms with E-state index in [1.165, 1.54) is 36.4 Å². The number of nitrogens with zero attached hydrogens (tertiary/aromatic N) is 2. The molecule has 6 nitrogen and oxygen atoms in total. The van der Waals surface area contributed by atoms with Crippen LogP contribution in [0.4, 0.5) is 14.5 Å². The first-order valence-corrected chi connectivity index (χ1v) is 10.1. The molecule has 2 heterocycles. The number of rotatable bonds is 5. The van der Waals surface area contributed by atoms with E-state index >= 15 is 0 Å². The molecule has 2 aliphatic rings. The van der Waals surface area contributed by atoms with Crippen molar-refractivity contribution in [2.75, 3.05) is 37.7 Å². The molecule has 2 N–H and O–H groups in total. The number of likely N-dealkylation sites (tertiary alicyclic amines) is 1. The van der Waals surface area contributed by atoms with Gasteiger partial charge in [0.15, 0.2) is 0 Å². The summed E-state index contributed by atoms with van der Waals surface area (Å²) in [6, 6.07) is 11.7. The Balaban J connectivity index is 0.00000272. The van der Waals surface area contributed by atoms with Crippen LogP contribution < -0.4 is 15.5 Å². The summed E-state index contributed by atoms with van der Waals surface area (Å²) in [6.07, 6.45) is 1.31. The summed E-state index contributed by atoms with van der Waals surface area (Å²) in [5.74, 6) is -0.902. The molecule has 166 valence electrons. The molecular weight excluding hydrogens is 426 g/mol. The van der Waals surface area contributed by atoms with E-state index in [1.54, 1.807) is 12.1 Å². The molecule has 2 aromatic rings. The van der Waals surface area contributed by atoms with Gasteiger partial charge in [-0.3, -0.25) is 9.59 Å². The van der Waals surface area contributed by atoms with Crippen LogP contribution in [0.1, 0.15) is 23.2 Å². The Hall–Kier alpha value is -2.71. The van der Waals surface area contributed by atoms with Crippen molar-refractivity contribution in [3.8, 4) is 0 Å². The zero-order valence-electron chi connectivity index (χ0n) is 16.9. The highest BCUT2D eigenvalue weighted by atomic mass is 35.5. The predicted molar refractivity (Wildman–Crippen MR) is 116 cm³/mol. The zero-order chi connectivity index (χ0) is 21.1. The number of carbonyl (C=O) groups is 2. The minimum Gasteiger partial charge on any atom is -0.351 e. The van der Waals surface area contributed by atoms with Gasteiger partial charge in [-0.25, -0.2) is 8.78 Å². The first-order chi connectivity index (χ1) is 14.5. The Morgan fingerprint density at radius 2 is 1.58 bits per heavy atom. The average Bonchev–Trinajstić information content (AvgIpc) is 3.06. The molecule has 4 rings (SSSR count). The molecule has 2 amide bonds. The summed E-state index contributed by atoms with van der Waals surface area (Å²) in [7, 11) is 0. The fourth-order valence-electron chi connectivity index (χ4n) is 4.22. The molecule has 2 fully saturated rings. The third kappa shape index (κ3) is 4.80. The van der Waals surface area contributed by atoms with E-state index in [1.807, 2.05) is 4.90 Å². The smallest absolute Gasteiger partial charge is 0.251 e. The molecule has 2 saturated heterocycles. The number of nitrogens with one attached hydrogen (secondary N) is 2. The molecule has 0 unspecified atom stereocenters. The summed E-state index contributed by atoms with van der Waals surface area (Å²) in [4.78, 5) is 29.0. The van der Waals surface area contributed by atoms with Crippen molar-refractivity contribution in [2.24, 2.45) is 0 Å². The second-order valence-corrected chi connectivity index (χ2v) is 7.70. The first kappa shape index (κ1) is 23.0. The normalized spacial score (nSPS) is 17.9. The number of anilines is 1. The minimum atomic E-state index is -0.619. The van der Waals surface area contributed by atoms with Crippen LogP contribution >= 0.6 is 12.4 Å². The van der Waals surface area contributed by atoms with E-state index < -0.39 is 5.54 Å². The molecule has 0 saturated carbocycles. The molecule has 1 spiro atoms. The number of piperidine rings is 1. The molecular formula is C22H25ClF2N4O2. The van der Waals surface area contributed by atoms with Crippen molar-refractivity contribution in [3.05, 3.63) is 65.7 Å². The lowest BCUT2D eigenvalue weighted by Crippen LogP contribution is -2.57. The molecule has 31 heavy (non-hydrogen) atoms. The quantitative estimate of drug-likeness (QED) is 0.735. The fraction of sp³-hybridized carbons (Fsp3) is 0.364. The number of halogens is 3. The van der Waals surface area contributed by atoms with Crippen LogP contribution in [0.15, 0.2) is 48.5 Å². The van der Waals surface area contributed by atoms with E-state index in [-0.39, 0.29) is 35.9 Å². The SMILES string of the molecule is Cl.O=C(NCCN1CCC2(CC1)C(=O)NCN2c1ccc(F)cc1)c1ccc(F)cc1. The summed E-state index contributed by atoms with van der Waals surface area (Å²) in [5.41, 5.74) is 0.632. The van der Waals surface area contributed by atoms with Crippen LogP contribution in [0.3, 0.4) is 0 Å². The van der Waals surface area contributed by atoms with Crippen molar-refractivity contribution in [2.45, 2.75) is 18.4 Å². The highest BCUT2D eigenvalue weighted by Crippen LogP contribution is 2.36. The van der Waals surface area contributed by atoms with Crippen molar-refractivity contribution >= 4 is 29.9 Å². The lowest BCUT2D eigenvalue weighted by atomic mass is 9.85. The molecule has 0 aliphatic carbocycles. The van der Waals surface area contributed by atoms with Gasteiger partial charge in [-0.1, -0.05) is 0 Å². The third-order valence-corrected chi connectivity index (χ3v) is 5.98. The lowest BCUT2D eigenvalue weighted by Gasteiger charge is -2.43. The Morgan fingerprint density at radius 3 is 2.19 bits per heavy atom. The van der Waals surface area contributed by atoms with Crippen LogP contribution in [0.2, 0.25) is 0 Å². The molecule has 2 aromatic carbocycles. The predicted octanol–water partition coefficient (Wildman–Crippen LogP) is 2.54. The van der Waals surface area contributed by atoms with Crippen LogP contribution in [0.25, 0.3) is 0 Å². The van der Waals surface area contributed by atoms with Gasteiger partial charge >= 0.3 is 0 Å². The summed E-state index contributed by atoms with van der Waals surface area (Å²) in [6.45, 7) is 2.99. The molecule has 0 aromatic heterocycles. The van der Waals surface area contributed by atoms with E-state index in [0.29, 0.717) is 38.2 Å². The first-order valence-electron chi connectivity index (χ1n) is 10.1. The van der Waals surface area contributed by atoms with Gasteiger partial charge in [-0.05, 0) is 61.4 Å². The highest BCUT2D eigenvalue weighted by Gasteiger charge is 2.50. The lowest BCUT2D eigenvalue weighted by molar-refractivity contribution is -0.125. The van der Waals surface area contributed by atoms with Gasteiger partial charge in [0.1, 0.15) is 17.2 Å². The van der Waals surface area contributed by atoms with E-state index in [9.17, 15) is 18.4 Å². The van der Waals surface area contributed by atoms with Crippen molar-refractivity contribution in [1.29, 1.82) is 0 Å². The molecule has 0 atom stereocenters. The second-order valence-electron chi connectivity index (χ2n) is 7.70. The Bertz CT molecular complexity index is 916. The summed E-state index contributed by atoms with van der Waals surface area (Å²) < 4.78 is 26.2. The van der Waals surface area contributed by atoms with Gasteiger partial charge in [0, 0.05) is 37.4 Å². The average molecular weight is 451 g/mol. The van der Waals surface area contributed by atoms with Crippen LogP contribution in [0.5, 0.6) is 0 Å². The number of hydrogen-bond donors (Lipinski definition) is 2. The molecule has 9 heteroatoms. The maximum atomic E-state index is 13.3. The minimum absolute atomic E-state index is 0. The van der Waals surface area contributed by atoms with Crippen LogP contribution in [-0.4, -0.2) is 55.1 Å². The van der Waals surface area contributed by atoms with E-state index in [0.717, 1.165) is 18.8 Å². The number of benzene rings is 2. The zero-order valence-corrected chi connectivity index (χ0v) is 17.8. The van der Waals surface area contributed by atoms with E-state index in [4.69, 9.17) is 0 Å². The second kappa shape index (κ2) is 9.62.